The maximum absolute atomic E-state index is 12.0. The molecule has 0 aromatic carbocycles. The molecule has 0 bridgehead atoms. The smallest absolute Gasteiger partial charge is 0.379 e. The first-order chi connectivity index (χ1) is 5.93. The molecular weight excluding hydrogens is 183 g/mol. The van der Waals surface area contributed by atoms with Gasteiger partial charge in [0, 0.05) is 17.5 Å². The molecule has 1 N–H and O–H groups in total. The van der Waals surface area contributed by atoms with E-state index >= 15 is 0 Å². The van der Waals surface area contributed by atoms with E-state index in [1.807, 2.05) is 0 Å². The molecular formula is C8H8F3NO. The second-order valence-corrected chi connectivity index (χ2v) is 2.62. The number of nitrogens with zero attached hydrogens (tertiary/aromatic N) is 1. The van der Waals surface area contributed by atoms with Crippen LogP contribution in [0.2, 0.25) is 0 Å². The first-order valence-corrected chi connectivity index (χ1v) is 3.59. The molecule has 1 rings (SSSR count). The fourth-order valence-corrected chi connectivity index (χ4v) is 0.962. The molecule has 1 heterocycles. The number of hydrogen-bond acceptors (Lipinski definition) is 2. The zero-order valence-corrected chi connectivity index (χ0v) is 6.84. The van der Waals surface area contributed by atoms with Gasteiger partial charge in [-0.15, -0.1) is 0 Å². The van der Waals surface area contributed by atoms with E-state index in [9.17, 15) is 13.2 Å². The van der Waals surface area contributed by atoms with Gasteiger partial charge in [-0.3, -0.25) is 4.98 Å². The molecule has 1 unspecified atom stereocenters. The van der Waals surface area contributed by atoms with Crippen LogP contribution in [-0.4, -0.2) is 16.3 Å². The third-order valence-electron chi connectivity index (χ3n) is 1.65. The number of pyridine rings is 1. The van der Waals surface area contributed by atoms with Crippen molar-refractivity contribution in [2.45, 2.75) is 19.2 Å². The number of aromatic nitrogens is 1. The predicted molar refractivity (Wildman–Crippen MR) is 40.0 cm³/mol. The normalized spacial score (nSPS) is 14.2. The minimum Gasteiger partial charge on any atom is -0.379 e. The number of halogens is 3. The van der Waals surface area contributed by atoms with Crippen LogP contribution < -0.4 is 0 Å². The lowest BCUT2D eigenvalue weighted by Gasteiger charge is -2.15. The van der Waals surface area contributed by atoms with Crippen molar-refractivity contribution >= 4 is 0 Å². The highest BCUT2D eigenvalue weighted by atomic mass is 19.4. The molecule has 0 amide bonds. The minimum atomic E-state index is -4.63. The Bertz CT molecular complexity index is 298. The standard InChI is InChI=1S/C8H8F3NO/c1-5-6(3-2-4-12-5)7(13)8(9,10)11/h2-4,7,13H,1H3. The third-order valence-corrected chi connectivity index (χ3v) is 1.65. The number of aliphatic hydroxyl groups is 1. The summed E-state index contributed by atoms with van der Waals surface area (Å²) >= 11 is 0. The Balaban J connectivity index is 3.02. The molecule has 13 heavy (non-hydrogen) atoms. The maximum atomic E-state index is 12.0. The highest BCUT2D eigenvalue weighted by molar-refractivity contribution is 5.21. The van der Waals surface area contributed by atoms with Gasteiger partial charge < -0.3 is 5.11 Å². The van der Waals surface area contributed by atoms with Crippen molar-refractivity contribution in [1.82, 2.24) is 4.98 Å². The molecule has 72 valence electrons. The molecule has 0 fully saturated rings. The second kappa shape index (κ2) is 3.33. The quantitative estimate of drug-likeness (QED) is 0.736. The van der Waals surface area contributed by atoms with Crippen LogP contribution in [0.4, 0.5) is 13.2 Å². The number of hydrogen-bond donors (Lipinski definition) is 1. The van der Waals surface area contributed by atoms with Crippen LogP contribution in [0.25, 0.3) is 0 Å². The summed E-state index contributed by atoms with van der Waals surface area (Å²) in [6, 6.07) is 2.57. The number of aliphatic hydroxyl groups excluding tert-OH is 1. The first kappa shape index (κ1) is 9.98. The second-order valence-electron chi connectivity index (χ2n) is 2.62. The van der Waals surface area contributed by atoms with Crippen molar-refractivity contribution in [3.8, 4) is 0 Å². The average molecular weight is 191 g/mol. The van der Waals surface area contributed by atoms with Gasteiger partial charge in [0.15, 0.2) is 6.10 Å². The van der Waals surface area contributed by atoms with E-state index in [-0.39, 0.29) is 11.3 Å². The molecule has 0 saturated carbocycles. The largest absolute Gasteiger partial charge is 0.418 e. The van der Waals surface area contributed by atoms with E-state index in [2.05, 4.69) is 4.98 Å². The van der Waals surface area contributed by atoms with Gasteiger partial charge in [0.2, 0.25) is 0 Å². The molecule has 1 aromatic heterocycles. The lowest BCUT2D eigenvalue weighted by Crippen LogP contribution is -2.21. The molecule has 2 nitrogen and oxygen atoms in total. The zero-order valence-electron chi connectivity index (χ0n) is 6.84. The van der Waals surface area contributed by atoms with E-state index in [1.165, 1.54) is 25.3 Å². The summed E-state index contributed by atoms with van der Waals surface area (Å²) in [4.78, 5) is 3.65. The van der Waals surface area contributed by atoms with Gasteiger partial charge >= 0.3 is 6.18 Å². The summed E-state index contributed by atoms with van der Waals surface area (Å²) in [5.41, 5.74) is -0.0117. The molecule has 1 aromatic rings. The van der Waals surface area contributed by atoms with E-state index in [0.29, 0.717) is 0 Å². The molecule has 0 aliphatic rings. The first-order valence-electron chi connectivity index (χ1n) is 3.59. The summed E-state index contributed by atoms with van der Waals surface area (Å²) in [6.45, 7) is 1.42. The zero-order chi connectivity index (χ0) is 10.1. The van der Waals surface area contributed by atoms with Crippen LogP contribution in [0.15, 0.2) is 18.3 Å². The molecule has 0 aliphatic carbocycles. The Morgan fingerprint density at radius 2 is 2.08 bits per heavy atom. The number of aryl methyl sites for hydroxylation is 1. The Hall–Kier alpha value is -1.10. The van der Waals surface area contributed by atoms with Crippen LogP contribution in [0, 0.1) is 6.92 Å². The molecule has 0 aliphatic heterocycles. The van der Waals surface area contributed by atoms with E-state index in [1.54, 1.807) is 0 Å². The van der Waals surface area contributed by atoms with Crippen LogP contribution in [0.5, 0.6) is 0 Å². The van der Waals surface area contributed by atoms with E-state index < -0.39 is 12.3 Å². The lowest BCUT2D eigenvalue weighted by molar-refractivity contribution is -0.207. The molecule has 0 radical (unpaired) electrons. The Morgan fingerprint density at radius 3 is 2.54 bits per heavy atom. The van der Waals surface area contributed by atoms with Gasteiger partial charge in [-0.25, -0.2) is 0 Å². The molecule has 5 heteroatoms. The monoisotopic (exact) mass is 191 g/mol. The molecule has 0 spiro atoms. The van der Waals surface area contributed by atoms with Gasteiger partial charge in [-0.05, 0) is 13.0 Å². The summed E-state index contributed by atoms with van der Waals surface area (Å²) in [5.74, 6) is 0. The van der Waals surface area contributed by atoms with Crippen molar-refractivity contribution in [2.75, 3.05) is 0 Å². The maximum Gasteiger partial charge on any atom is 0.418 e. The fraction of sp³-hybridized carbons (Fsp3) is 0.375. The highest BCUT2D eigenvalue weighted by Crippen LogP contribution is 2.32. The van der Waals surface area contributed by atoms with Gasteiger partial charge in [0.05, 0.1) is 0 Å². The molecule has 1 atom stereocenters. The summed E-state index contributed by atoms with van der Waals surface area (Å²) in [5, 5.41) is 8.87. The van der Waals surface area contributed by atoms with E-state index in [4.69, 9.17) is 5.11 Å². The van der Waals surface area contributed by atoms with Crippen LogP contribution in [-0.2, 0) is 0 Å². The Labute approximate surface area is 73.0 Å². The van der Waals surface area contributed by atoms with E-state index in [0.717, 1.165) is 0 Å². The summed E-state index contributed by atoms with van der Waals surface area (Å²) in [7, 11) is 0. The number of alkyl halides is 3. The Kier molecular flexibility index (Phi) is 2.56. The van der Waals surface area contributed by atoms with Crippen molar-refractivity contribution in [1.29, 1.82) is 0 Å². The van der Waals surface area contributed by atoms with Crippen LogP contribution >= 0.6 is 0 Å². The van der Waals surface area contributed by atoms with Gasteiger partial charge in [0.1, 0.15) is 0 Å². The van der Waals surface area contributed by atoms with Gasteiger partial charge in [-0.1, -0.05) is 6.07 Å². The highest BCUT2D eigenvalue weighted by Gasteiger charge is 2.40. The topological polar surface area (TPSA) is 33.1 Å². The van der Waals surface area contributed by atoms with Crippen molar-refractivity contribution in [2.24, 2.45) is 0 Å². The Morgan fingerprint density at radius 1 is 1.46 bits per heavy atom. The fourth-order valence-electron chi connectivity index (χ4n) is 0.962. The predicted octanol–water partition coefficient (Wildman–Crippen LogP) is 1.99. The van der Waals surface area contributed by atoms with Crippen molar-refractivity contribution < 1.29 is 18.3 Å². The SMILES string of the molecule is Cc1ncccc1C(O)C(F)(F)F. The van der Waals surface area contributed by atoms with Crippen LogP contribution in [0.3, 0.4) is 0 Å². The average Bonchev–Trinajstić information content (AvgIpc) is 2.02. The summed E-state index contributed by atoms with van der Waals surface area (Å²) < 4.78 is 36.1. The van der Waals surface area contributed by atoms with Crippen LogP contribution in [0.1, 0.15) is 17.4 Å². The van der Waals surface area contributed by atoms with Gasteiger partial charge in [0.25, 0.3) is 0 Å². The van der Waals surface area contributed by atoms with Crippen molar-refractivity contribution in [3.05, 3.63) is 29.6 Å². The third kappa shape index (κ3) is 2.18. The van der Waals surface area contributed by atoms with Gasteiger partial charge in [-0.2, -0.15) is 13.2 Å². The lowest BCUT2D eigenvalue weighted by atomic mass is 10.1. The number of rotatable bonds is 1. The molecule has 0 saturated heterocycles. The minimum absolute atomic E-state index is 0.187. The summed E-state index contributed by atoms with van der Waals surface area (Å²) in [6.07, 6.45) is -5.70. The van der Waals surface area contributed by atoms with Crippen molar-refractivity contribution in [3.63, 3.8) is 0 Å².